The maximum absolute atomic E-state index is 11.5. The number of hydrogen-bond acceptors (Lipinski definition) is 2. The predicted molar refractivity (Wildman–Crippen MR) is 46.2 cm³/mol. The molecule has 3 heterocycles. The van der Waals surface area contributed by atoms with Crippen molar-refractivity contribution in [2.45, 2.75) is 37.8 Å². The number of nitrogens with zero attached hydrogens (tertiary/aromatic N) is 3. The number of nitroso groups, excluding NO2 is 1. The van der Waals surface area contributed by atoms with Crippen LogP contribution >= 0.6 is 0 Å². The van der Waals surface area contributed by atoms with Gasteiger partial charge in [0.2, 0.25) is 0 Å². The van der Waals surface area contributed by atoms with E-state index in [-0.39, 0.29) is 0 Å². The van der Waals surface area contributed by atoms with Gasteiger partial charge < -0.3 is 0 Å². The molecule has 3 saturated heterocycles. The van der Waals surface area contributed by atoms with Crippen molar-refractivity contribution in [3.05, 3.63) is 4.91 Å². The van der Waals surface area contributed by atoms with Gasteiger partial charge in [0, 0.05) is 6.54 Å². The molecule has 0 aromatic carbocycles. The summed E-state index contributed by atoms with van der Waals surface area (Å²) in [6.45, 7) is 1.94. The van der Waals surface area contributed by atoms with Crippen molar-refractivity contribution < 1.29 is 4.98 Å². The van der Waals surface area contributed by atoms with Crippen molar-refractivity contribution in [1.82, 2.24) is 15.6 Å². The third-order valence-electron chi connectivity index (χ3n) is 3.46. The van der Waals surface area contributed by atoms with E-state index in [4.69, 9.17) is 0 Å². The average Bonchev–Trinajstić information content (AvgIpc) is 2.66. The van der Waals surface area contributed by atoms with Crippen molar-refractivity contribution in [3.8, 4) is 0 Å². The summed E-state index contributed by atoms with van der Waals surface area (Å²) in [6, 6.07) is 1.05. The van der Waals surface area contributed by atoms with Crippen LogP contribution in [0.15, 0.2) is 0 Å². The van der Waals surface area contributed by atoms with E-state index in [0.29, 0.717) is 12.1 Å². The normalized spacial score (nSPS) is 38.8. The monoisotopic (exact) mass is 183 g/mol. The highest BCUT2D eigenvalue weighted by molar-refractivity contribution is 4.90. The Morgan fingerprint density at radius 2 is 1.92 bits per heavy atom. The molecule has 5 heteroatoms. The fraction of sp³-hybridized carbons (Fsp3) is 1.00. The summed E-state index contributed by atoms with van der Waals surface area (Å²) in [4.78, 5) is 12.4. The van der Waals surface area contributed by atoms with Crippen molar-refractivity contribution in [2.75, 3.05) is 13.1 Å². The van der Waals surface area contributed by atoms with E-state index in [1.54, 1.807) is 0 Å². The van der Waals surface area contributed by atoms with Crippen molar-refractivity contribution >= 4 is 0 Å². The smallest absolute Gasteiger partial charge is 0.162 e. The van der Waals surface area contributed by atoms with Gasteiger partial charge in [-0.2, -0.15) is 5.01 Å². The second kappa shape index (κ2) is 2.57. The molecule has 0 saturated carbocycles. The average molecular weight is 183 g/mol. The molecule has 0 radical (unpaired) electrons. The summed E-state index contributed by atoms with van der Waals surface area (Å²) in [5.41, 5.74) is 2.89. The summed E-state index contributed by atoms with van der Waals surface area (Å²) in [5.74, 6) is 0. The quantitative estimate of drug-likeness (QED) is 0.538. The Balaban J connectivity index is 1.88. The van der Waals surface area contributed by atoms with Crippen molar-refractivity contribution in [3.63, 3.8) is 0 Å². The first-order valence-electron chi connectivity index (χ1n) is 5.13. The van der Waals surface area contributed by atoms with Crippen LogP contribution in [0.1, 0.15) is 25.7 Å². The van der Waals surface area contributed by atoms with Gasteiger partial charge in [-0.3, -0.25) is 0 Å². The minimum absolute atomic E-state index is 0.473. The fourth-order valence-electron chi connectivity index (χ4n) is 2.88. The summed E-state index contributed by atoms with van der Waals surface area (Å²) in [7, 11) is 0. The molecule has 0 bridgehead atoms. The third kappa shape index (κ3) is 0.964. The highest BCUT2D eigenvalue weighted by Gasteiger charge is 2.50. The van der Waals surface area contributed by atoms with Crippen LogP contribution in [0.2, 0.25) is 0 Å². The number of hydrogen-bond donors (Lipinski definition) is 1. The molecular weight excluding hydrogens is 168 g/mol. The topological polar surface area (TPSA) is 38.6 Å². The van der Waals surface area contributed by atoms with Crippen LogP contribution in [0.4, 0.5) is 0 Å². The van der Waals surface area contributed by atoms with Gasteiger partial charge in [-0.25, -0.2) is 0 Å². The first kappa shape index (κ1) is 7.55. The maximum atomic E-state index is 11.5. The Hall–Kier alpha value is -0.840. The third-order valence-corrected chi connectivity index (χ3v) is 3.46. The zero-order valence-electron chi connectivity index (χ0n) is 7.65. The Morgan fingerprint density at radius 1 is 1.15 bits per heavy atom. The second-order valence-electron chi connectivity index (χ2n) is 4.15. The molecule has 1 N–H and O–H groups in total. The standard InChI is InChI=1S/C8H15N4O/c13-12-9-10-5-1-3-7(10)8-4-2-6-11(8)12/h7-8H,1-6H2,(H,9,13)/q+1/t7-,8+/m0/s1. The van der Waals surface area contributed by atoms with E-state index >= 15 is 0 Å². The molecule has 3 fully saturated rings. The van der Waals surface area contributed by atoms with Crippen molar-refractivity contribution in [1.29, 1.82) is 0 Å². The molecule has 3 aliphatic heterocycles. The first-order chi connectivity index (χ1) is 6.36. The van der Waals surface area contributed by atoms with Crippen LogP contribution in [0.3, 0.4) is 0 Å². The molecule has 13 heavy (non-hydrogen) atoms. The van der Waals surface area contributed by atoms with E-state index in [0.717, 1.165) is 24.5 Å². The van der Waals surface area contributed by atoms with Crippen molar-refractivity contribution in [2.24, 2.45) is 0 Å². The molecule has 0 aromatic rings. The molecule has 3 aliphatic rings. The van der Waals surface area contributed by atoms with E-state index < -0.39 is 0 Å². The van der Waals surface area contributed by atoms with E-state index in [1.165, 1.54) is 19.3 Å². The van der Waals surface area contributed by atoms with Gasteiger partial charge in [0.05, 0.1) is 17.5 Å². The van der Waals surface area contributed by atoms with Crippen LogP contribution in [-0.4, -0.2) is 40.2 Å². The van der Waals surface area contributed by atoms with Gasteiger partial charge in [-0.15, -0.1) is 5.01 Å². The molecule has 5 nitrogen and oxygen atoms in total. The zero-order chi connectivity index (χ0) is 8.84. The van der Waals surface area contributed by atoms with Crippen LogP contribution in [0, 0.1) is 4.91 Å². The molecule has 2 atom stereocenters. The molecule has 0 aromatic heterocycles. The van der Waals surface area contributed by atoms with E-state index in [2.05, 4.69) is 10.5 Å². The van der Waals surface area contributed by atoms with Gasteiger partial charge in [0.1, 0.15) is 6.04 Å². The number of rotatable bonds is 0. The summed E-state index contributed by atoms with van der Waals surface area (Å²) >= 11 is 0. The Kier molecular flexibility index (Phi) is 1.49. The summed E-state index contributed by atoms with van der Waals surface area (Å²) in [6.07, 6.45) is 4.80. The highest BCUT2D eigenvalue weighted by atomic mass is 16.4. The SMILES string of the molecule is O=[N+]1NN2CCC[C@H]2[C@H]2CCCN21. The van der Waals surface area contributed by atoms with Crippen LogP contribution in [0.25, 0.3) is 0 Å². The minimum Gasteiger partial charge on any atom is -0.162 e. The Morgan fingerprint density at radius 3 is 2.85 bits per heavy atom. The number of nitrogens with one attached hydrogen (secondary N) is 1. The lowest BCUT2D eigenvalue weighted by Gasteiger charge is -2.33. The second-order valence-corrected chi connectivity index (χ2v) is 4.15. The lowest BCUT2D eigenvalue weighted by Crippen LogP contribution is -2.64. The fourth-order valence-corrected chi connectivity index (χ4v) is 2.88. The number of hydrazine groups is 3. The molecule has 0 unspecified atom stereocenters. The minimum atomic E-state index is 0.473. The van der Waals surface area contributed by atoms with Gasteiger partial charge in [-0.1, -0.05) is 0 Å². The molecule has 0 aliphatic carbocycles. The van der Waals surface area contributed by atoms with Gasteiger partial charge in [0.15, 0.2) is 0 Å². The van der Waals surface area contributed by atoms with Gasteiger partial charge in [0.25, 0.3) is 4.98 Å². The van der Waals surface area contributed by atoms with Gasteiger partial charge in [-0.05, 0) is 31.2 Å². The Bertz CT molecular complexity index is 244. The lowest BCUT2D eigenvalue weighted by molar-refractivity contribution is -0.790. The number of fused-ring (bicyclic) bond motifs is 3. The van der Waals surface area contributed by atoms with E-state index in [1.807, 2.05) is 5.01 Å². The molecule has 0 amide bonds. The van der Waals surface area contributed by atoms with Crippen LogP contribution in [-0.2, 0) is 0 Å². The lowest BCUT2D eigenvalue weighted by atomic mass is 10.0. The molecule has 3 rings (SSSR count). The van der Waals surface area contributed by atoms with Crippen LogP contribution < -0.4 is 5.53 Å². The van der Waals surface area contributed by atoms with Gasteiger partial charge >= 0.3 is 0 Å². The largest absolute Gasteiger partial charge is 0.264 e. The summed E-state index contributed by atoms with van der Waals surface area (Å²) in [5, 5.41) is 4.05. The zero-order valence-corrected chi connectivity index (χ0v) is 7.65. The van der Waals surface area contributed by atoms with Crippen LogP contribution in [0.5, 0.6) is 0 Å². The first-order valence-corrected chi connectivity index (χ1v) is 5.13. The highest BCUT2D eigenvalue weighted by Crippen LogP contribution is 2.31. The summed E-state index contributed by atoms with van der Waals surface area (Å²) < 4.78 is 0. The molecule has 72 valence electrons. The molecule has 0 spiro atoms. The molecular formula is C8H15N4O+. The maximum Gasteiger partial charge on any atom is 0.264 e. The predicted octanol–water partition coefficient (Wildman–Crippen LogP) is 0.0423. The Labute approximate surface area is 77.2 Å². The van der Waals surface area contributed by atoms with E-state index in [9.17, 15) is 4.91 Å².